The molecule has 0 atom stereocenters. The summed E-state index contributed by atoms with van der Waals surface area (Å²) in [5.74, 6) is -3.26. The van der Waals surface area contributed by atoms with Crippen LogP contribution in [-0.4, -0.2) is 17.7 Å². The zero-order valence-electron chi connectivity index (χ0n) is 15.2. The van der Waals surface area contributed by atoms with Gasteiger partial charge in [-0.25, -0.2) is 9.18 Å². The molecule has 1 aromatic carbocycles. The van der Waals surface area contributed by atoms with Crippen LogP contribution in [0.25, 0.3) is 5.57 Å². The minimum Gasteiger partial charge on any atom is -0.490 e. The molecule has 1 aliphatic carbocycles. The second kappa shape index (κ2) is 11.6. The molecule has 0 aliphatic heterocycles. The summed E-state index contributed by atoms with van der Waals surface area (Å²) in [5.41, 5.74) is 1.16. The first kappa shape index (κ1) is 22.1. The minimum absolute atomic E-state index is 0.184. The van der Waals surface area contributed by atoms with Crippen molar-refractivity contribution in [3.63, 3.8) is 0 Å². The molecule has 136 valence electrons. The molecular weight excluding hydrogens is 314 g/mol. The minimum atomic E-state index is -1.06. The van der Waals surface area contributed by atoms with E-state index in [4.69, 9.17) is 4.74 Å². The fourth-order valence-electron chi connectivity index (χ4n) is 2.49. The molecule has 0 aromatic heterocycles. The molecule has 1 aliphatic rings. The average Bonchev–Trinajstić information content (AvgIpc) is 2.63. The molecule has 5 heteroatoms. The smallest absolute Gasteiger partial charge is 0.331 e. The molecule has 0 saturated carbocycles. The largest absolute Gasteiger partial charge is 0.490 e. The van der Waals surface area contributed by atoms with Crippen LogP contribution < -0.4 is 4.74 Å². The van der Waals surface area contributed by atoms with E-state index in [1.54, 1.807) is 6.92 Å². The predicted molar refractivity (Wildman–Crippen MR) is 93.2 cm³/mol. The maximum Gasteiger partial charge on any atom is 0.331 e. The topological polar surface area (TPSA) is 46.5 Å². The molecule has 1 N–H and O–H groups in total. The molecule has 24 heavy (non-hydrogen) atoms. The van der Waals surface area contributed by atoms with Crippen LogP contribution in [0.3, 0.4) is 0 Å². The molecule has 0 saturated heterocycles. The Bertz CT molecular complexity index is 566. The monoisotopic (exact) mass is 342 g/mol. The third kappa shape index (κ3) is 5.32. The molecule has 0 heterocycles. The standard InChI is InChI=1S/C15H16F2O3.2C2H6/c1-2-20-14-10(7-8-12(16)13(14)17)9-5-3-4-6-11(9)15(18)19;2*1-2/h7-8H,2-6H2,1H3,(H,18,19);2*1-2H3. The normalized spacial score (nSPS) is 13.3. The van der Waals surface area contributed by atoms with Crippen molar-refractivity contribution in [2.24, 2.45) is 0 Å². The van der Waals surface area contributed by atoms with E-state index in [1.807, 2.05) is 27.7 Å². The lowest BCUT2D eigenvalue weighted by atomic mass is 9.87. The SMILES string of the molecule is CC.CC.CCOc1c(C2=C(C(=O)O)CCCC2)ccc(F)c1F. The summed E-state index contributed by atoms with van der Waals surface area (Å²) in [6, 6.07) is 2.40. The average molecular weight is 342 g/mol. The number of hydrogen-bond acceptors (Lipinski definition) is 2. The maximum atomic E-state index is 13.9. The highest BCUT2D eigenvalue weighted by Crippen LogP contribution is 2.38. The van der Waals surface area contributed by atoms with Crippen LogP contribution >= 0.6 is 0 Å². The summed E-state index contributed by atoms with van der Waals surface area (Å²) in [4.78, 5) is 11.3. The van der Waals surface area contributed by atoms with Crippen LogP contribution in [0.15, 0.2) is 17.7 Å². The Kier molecular flexibility index (Phi) is 10.7. The summed E-state index contributed by atoms with van der Waals surface area (Å²) in [5, 5.41) is 9.25. The van der Waals surface area contributed by atoms with Crippen LogP contribution in [0, 0.1) is 11.6 Å². The van der Waals surface area contributed by atoms with Gasteiger partial charge < -0.3 is 9.84 Å². The number of allylic oxidation sites excluding steroid dienone is 1. The van der Waals surface area contributed by atoms with Gasteiger partial charge in [-0.2, -0.15) is 4.39 Å². The van der Waals surface area contributed by atoms with Crippen LogP contribution in [0.5, 0.6) is 5.75 Å². The zero-order chi connectivity index (χ0) is 18.7. The highest BCUT2D eigenvalue weighted by Gasteiger charge is 2.24. The number of carbonyl (C=O) groups is 1. The van der Waals surface area contributed by atoms with Crippen molar-refractivity contribution in [3.05, 3.63) is 34.9 Å². The highest BCUT2D eigenvalue weighted by molar-refractivity contribution is 5.97. The molecule has 1 aromatic rings. The van der Waals surface area contributed by atoms with Gasteiger partial charge in [-0.15, -0.1) is 0 Å². The number of aliphatic carboxylic acids is 1. The Labute approximate surface area is 143 Å². The molecule has 0 fully saturated rings. The van der Waals surface area contributed by atoms with Gasteiger partial charge in [-0.1, -0.05) is 27.7 Å². The number of rotatable bonds is 4. The summed E-state index contributed by atoms with van der Waals surface area (Å²) in [6.07, 6.45) is 2.59. The van der Waals surface area contributed by atoms with Gasteiger partial charge in [0.25, 0.3) is 0 Å². The van der Waals surface area contributed by atoms with E-state index in [0.29, 0.717) is 24.0 Å². The van der Waals surface area contributed by atoms with Gasteiger partial charge in [0.05, 0.1) is 6.61 Å². The van der Waals surface area contributed by atoms with Gasteiger partial charge in [0.1, 0.15) is 0 Å². The fraction of sp³-hybridized carbons (Fsp3) is 0.526. The van der Waals surface area contributed by atoms with Gasteiger partial charge in [0, 0.05) is 11.1 Å². The lowest BCUT2D eigenvalue weighted by Crippen LogP contribution is -2.10. The van der Waals surface area contributed by atoms with Crippen molar-refractivity contribution in [2.75, 3.05) is 6.61 Å². The van der Waals surface area contributed by atoms with Crippen LogP contribution in [0.2, 0.25) is 0 Å². The van der Waals surface area contributed by atoms with E-state index in [0.717, 1.165) is 18.9 Å². The number of benzene rings is 1. The zero-order valence-corrected chi connectivity index (χ0v) is 15.2. The molecular formula is C19H28F2O3. The Morgan fingerprint density at radius 3 is 2.25 bits per heavy atom. The van der Waals surface area contributed by atoms with Crippen LogP contribution in [-0.2, 0) is 4.79 Å². The van der Waals surface area contributed by atoms with Crippen molar-refractivity contribution in [3.8, 4) is 5.75 Å². The lowest BCUT2D eigenvalue weighted by molar-refractivity contribution is -0.132. The Hall–Kier alpha value is -1.91. The van der Waals surface area contributed by atoms with Gasteiger partial charge in [-0.05, 0) is 50.3 Å². The van der Waals surface area contributed by atoms with Gasteiger partial charge in [0.15, 0.2) is 11.6 Å². The quantitative estimate of drug-likeness (QED) is 0.749. The van der Waals surface area contributed by atoms with Crippen molar-refractivity contribution in [1.82, 2.24) is 0 Å². The number of halogens is 2. The van der Waals surface area contributed by atoms with Crippen molar-refractivity contribution < 1.29 is 23.4 Å². The van der Waals surface area contributed by atoms with Crippen LogP contribution in [0.1, 0.15) is 65.9 Å². The fourth-order valence-corrected chi connectivity index (χ4v) is 2.49. The van der Waals surface area contributed by atoms with Crippen molar-refractivity contribution in [2.45, 2.75) is 60.3 Å². The molecule has 3 nitrogen and oxygen atoms in total. The molecule has 0 spiro atoms. The first-order valence-corrected chi connectivity index (χ1v) is 8.62. The first-order valence-electron chi connectivity index (χ1n) is 8.62. The lowest BCUT2D eigenvalue weighted by Gasteiger charge is -2.20. The van der Waals surface area contributed by atoms with E-state index in [2.05, 4.69) is 0 Å². The summed E-state index contributed by atoms with van der Waals surface area (Å²) in [7, 11) is 0. The maximum absolute atomic E-state index is 13.9. The third-order valence-electron chi connectivity index (χ3n) is 3.39. The van der Waals surface area contributed by atoms with Gasteiger partial charge in [-0.3, -0.25) is 0 Å². The molecule has 2 rings (SSSR count). The second-order valence-electron chi connectivity index (χ2n) is 4.64. The van der Waals surface area contributed by atoms with E-state index < -0.39 is 17.6 Å². The Morgan fingerprint density at radius 1 is 1.12 bits per heavy atom. The van der Waals surface area contributed by atoms with E-state index in [-0.39, 0.29) is 17.9 Å². The number of ether oxygens (including phenoxy) is 1. The van der Waals surface area contributed by atoms with E-state index >= 15 is 0 Å². The van der Waals surface area contributed by atoms with Crippen molar-refractivity contribution >= 4 is 11.5 Å². The Morgan fingerprint density at radius 2 is 1.71 bits per heavy atom. The molecule has 0 unspecified atom stereocenters. The van der Waals surface area contributed by atoms with Gasteiger partial charge in [0.2, 0.25) is 5.82 Å². The first-order chi connectivity index (χ1) is 11.6. The Balaban J connectivity index is 0.00000123. The van der Waals surface area contributed by atoms with E-state index in [9.17, 15) is 18.7 Å². The number of carboxylic acids is 1. The van der Waals surface area contributed by atoms with Crippen LogP contribution in [0.4, 0.5) is 8.78 Å². The number of hydrogen-bond donors (Lipinski definition) is 1. The third-order valence-corrected chi connectivity index (χ3v) is 3.39. The number of carboxylic acid groups (broad SMARTS) is 1. The molecule has 0 radical (unpaired) electrons. The van der Waals surface area contributed by atoms with Gasteiger partial charge >= 0.3 is 5.97 Å². The molecule has 0 amide bonds. The second-order valence-corrected chi connectivity index (χ2v) is 4.64. The highest BCUT2D eigenvalue weighted by atomic mass is 19.2. The van der Waals surface area contributed by atoms with E-state index in [1.165, 1.54) is 6.07 Å². The molecule has 0 bridgehead atoms. The van der Waals surface area contributed by atoms with Crippen molar-refractivity contribution in [1.29, 1.82) is 0 Å². The predicted octanol–water partition coefficient (Wildman–Crippen LogP) is 5.83. The summed E-state index contributed by atoms with van der Waals surface area (Å²) >= 11 is 0. The summed E-state index contributed by atoms with van der Waals surface area (Å²) < 4.78 is 32.4. The summed E-state index contributed by atoms with van der Waals surface area (Å²) in [6.45, 7) is 9.85.